The molecule has 1 aromatic rings. The van der Waals surface area contributed by atoms with Crippen molar-refractivity contribution in [2.24, 2.45) is 5.92 Å². The average Bonchev–Trinajstić information content (AvgIpc) is 2.54. The van der Waals surface area contributed by atoms with Crippen LogP contribution in [0.2, 0.25) is 0 Å². The summed E-state index contributed by atoms with van der Waals surface area (Å²) in [6.45, 7) is 6.39. The lowest BCUT2D eigenvalue weighted by molar-refractivity contribution is -0.123. The molecule has 5 nitrogen and oxygen atoms in total. The van der Waals surface area contributed by atoms with E-state index in [1.165, 1.54) is 5.56 Å². The number of carbonyl (C=O) groups is 1. The molecule has 0 bridgehead atoms. The van der Waals surface area contributed by atoms with Crippen molar-refractivity contribution in [3.05, 3.63) is 35.9 Å². The molecular weight excluding hydrogens is 292 g/mol. The largest absolute Gasteiger partial charge is 0.389 e. The zero-order valence-electron chi connectivity index (χ0n) is 14.3. The van der Waals surface area contributed by atoms with Gasteiger partial charge in [0.1, 0.15) is 0 Å². The van der Waals surface area contributed by atoms with E-state index in [-0.39, 0.29) is 11.8 Å². The molecule has 3 N–H and O–H groups in total. The highest BCUT2D eigenvalue weighted by Crippen LogP contribution is 2.02. The van der Waals surface area contributed by atoms with E-state index in [1.54, 1.807) is 0 Å². The minimum absolute atomic E-state index is 0.00452. The van der Waals surface area contributed by atoms with Gasteiger partial charge in [-0.3, -0.25) is 4.79 Å². The van der Waals surface area contributed by atoms with Crippen molar-refractivity contribution in [1.82, 2.24) is 10.6 Å². The van der Waals surface area contributed by atoms with Crippen molar-refractivity contribution in [1.29, 1.82) is 0 Å². The van der Waals surface area contributed by atoms with E-state index in [0.717, 1.165) is 12.8 Å². The van der Waals surface area contributed by atoms with E-state index in [4.69, 9.17) is 4.74 Å². The van der Waals surface area contributed by atoms with Gasteiger partial charge in [-0.15, -0.1) is 0 Å². The van der Waals surface area contributed by atoms with Crippen LogP contribution in [0.1, 0.15) is 25.8 Å². The van der Waals surface area contributed by atoms with Crippen molar-refractivity contribution in [3.8, 4) is 0 Å². The van der Waals surface area contributed by atoms with Crippen LogP contribution in [0.3, 0.4) is 0 Å². The van der Waals surface area contributed by atoms with E-state index >= 15 is 0 Å². The number of carbonyl (C=O) groups excluding carboxylic acids is 1. The van der Waals surface area contributed by atoms with Crippen LogP contribution >= 0.6 is 0 Å². The molecule has 1 unspecified atom stereocenters. The Bertz CT molecular complexity index is 424. The molecule has 0 spiro atoms. The van der Waals surface area contributed by atoms with Gasteiger partial charge in [-0.1, -0.05) is 44.2 Å². The molecule has 1 rings (SSSR count). The third-order valence-corrected chi connectivity index (χ3v) is 3.41. The van der Waals surface area contributed by atoms with Gasteiger partial charge in [-0.2, -0.15) is 0 Å². The van der Waals surface area contributed by atoms with Gasteiger partial charge < -0.3 is 20.5 Å². The fourth-order valence-corrected chi connectivity index (χ4v) is 2.05. The molecule has 0 heterocycles. The second kappa shape index (κ2) is 12.0. The van der Waals surface area contributed by atoms with Crippen molar-refractivity contribution in [3.63, 3.8) is 0 Å². The van der Waals surface area contributed by atoms with E-state index in [9.17, 15) is 9.90 Å². The number of benzene rings is 1. The molecule has 23 heavy (non-hydrogen) atoms. The van der Waals surface area contributed by atoms with Gasteiger partial charge in [-0.25, -0.2) is 0 Å². The first-order chi connectivity index (χ1) is 11.1. The quantitative estimate of drug-likeness (QED) is 0.508. The van der Waals surface area contributed by atoms with Crippen molar-refractivity contribution < 1.29 is 14.6 Å². The lowest BCUT2D eigenvalue weighted by Crippen LogP contribution is -2.37. The molecule has 0 radical (unpaired) electrons. The molecule has 1 amide bonds. The Hall–Kier alpha value is -1.43. The van der Waals surface area contributed by atoms with Gasteiger partial charge in [0.2, 0.25) is 5.91 Å². The number of amides is 1. The summed E-state index contributed by atoms with van der Waals surface area (Å²) in [6, 6.07) is 10.3. The topological polar surface area (TPSA) is 70.6 Å². The molecule has 0 aliphatic rings. The number of aliphatic hydroxyl groups is 1. The first-order valence-corrected chi connectivity index (χ1v) is 8.37. The van der Waals surface area contributed by atoms with Crippen LogP contribution in [0.25, 0.3) is 0 Å². The maximum Gasteiger partial charge on any atom is 0.222 e. The number of hydrogen-bond acceptors (Lipinski definition) is 4. The highest BCUT2D eigenvalue weighted by molar-refractivity contribution is 5.77. The number of aliphatic hydroxyl groups excluding tert-OH is 1. The van der Waals surface area contributed by atoms with Crippen LogP contribution in [0.5, 0.6) is 0 Å². The van der Waals surface area contributed by atoms with Gasteiger partial charge in [0.25, 0.3) is 0 Å². The van der Waals surface area contributed by atoms with Gasteiger partial charge in [0, 0.05) is 32.2 Å². The molecular formula is C18H30N2O3. The fourth-order valence-electron chi connectivity index (χ4n) is 2.05. The highest BCUT2D eigenvalue weighted by Gasteiger charge is 2.06. The number of hydrogen-bond donors (Lipinski definition) is 3. The van der Waals surface area contributed by atoms with E-state index in [0.29, 0.717) is 32.8 Å². The Morgan fingerprint density at radius 3 is 2.65 bits per heavy atom. The van der Waals surface area contributed by atoms with Crippen LogP contribution in [-0.4, -0.2) is 50.0 Å². The molecule has 0 aliphatic heterocycles. The van der Waals surface area contributed by atoms with Crippen molar-refractivity contribution >= 4 is 5.91 Å². The predicted molar refractivity (Wildman–Crippen MR) is 92.3 cm³/mol. The number of aryl methyl sites for hydroxylation is 1. The summed E-state index contributed by atoms with van der Waals surface area (Å²) in [4.78, 5) is 11.3. The predicted octanol–water partition coefficient (Wildman–Crippen LogP) is 1.36. The third kappa shape index (κ3) is 10.0. The van der Waals surface area contributed by atoms with Crippen molar-refractivity contribution in [2.75, 3.05) is 32.8 Å². The van der Waals surface area contributed by atoms with Crippen LogP contribution in [0.4, 0.5) is 0 Å². The third-order valence-electron chi connectivity index (χ3n) is 3.41. The summed E-state index contributed by atoms with van der Waals surface area (Å²) < 4.78 is 5.48. The minimum Gasteiger partial charge on any atom is -0.389 e. The molecule has 0 saturated carbocycles. The van der Waals surface area contributed by atoms with Gasteiger partial charge in [0.05, 0.1) is 12.7 Å². The standard InChI is InChI=1S/C18H30N2O3/c1-15(2)18(22)20-11-10-19-13-17(21)14-23-12-6-9-16-7-4-3-5-8-16/h3-5,7-8,15,17,19,21H,6,9-14H2,1-2H3,(H,20,22). The summed E-state index contributed by atoms with van der Waals surface area (Å²) in [7, 11) is 0. The van der Waals surface area contributed by atoms with E-state index < -0.39 is 6.10 Å². The minimum atomic E-state index is -0.521. The normalized spacial score (nSPS) is 12.3. The summed E-state index contributed by atoms with van der Waals surface area (Å²) in [5.74, 6) is 0.0546. The van der Waals surface area contributed by atoms with Crippen LogP contribution in [-0.2, 0) is 16.0 Å². The molecule has 130 valence electrons. The van der Waals surface area contributed by atoms with Crippen molar-refractivity contribution in [2.45, 2.75) is 32.8 Å². The second-order valence-corrected chi connectivity index (χ2v) is 5.97. The second-order valence-electron chi connectivity index (χ2n) is 5.97. The van der Waals surface area contributed by atoms with E-state index in [1.807, 2.05) is 32.0 Å². The first-order valence-electron chi connectivity index (χ1n) is 8.37. The number of ether oxygens (including phenoxy) is 1. The fraction of sp³-hybridized carbons (Fsp3) is 0.611. The van der Waals surface area contributed by atoms with E-state index in [2.05, 4.69) is 22.8 Å². The highest BCUT2D eigenvalue weighted by atomic mass is 16.5. The Balaban J connectivity index is 1.92. The summed E-state index contributed by atoms with van der Waals surface area (Å²) >= 11 is 0. The van der Waals surface area contributed by atoms with Crippen LogP contribution < -0.4 is 10.6 Å². The zero-order chi connectivity index (χ0) is 16.9. The Morgan fingerprint density at radius 1 is 1.22 bits per heavy atom. The molecule has 0 fully saturated rings. The van der Waals surface area contributed by atoms with Crippen LogP contribution in [0.15, 0.2) is 30.3 Å². The first kappa shape index (κ1) is 19.6. The Morgan fingerprint density at radius 2 is 1.96 bits per heavy atom. The molecule has 1 aromatic carbocycles. The molecule has 0 aliphatic carbocycles. The lowest BCUT2D eigenvalue weighted by Gasteiger charge is -2.13. The maximum absolute atomic E-state index is 11.3. The summed E-state index contributed by atoms with van der Waals surface area (Å²) in [5.41, 5.74) is 1.31. The van der Waals surface area contributed by atoms with Gasteiger partial charge >= 0.3 is 0 Å². The SMILES string of the molecule is CC(C)C(=O)NCCNCC(O)COCCCc1ccccc1. The molecule has 0 saturated heterocycles. The molecule has 5 heteroatoms. The lowest BCUT2D eigenvalue weighted by atomic mass is 10.1. The molecule has 1 atom stereocenters. The molecule has 0 aromatic heterocycles. The summed E-state index contributed by atoms with van der Waals surface area (Å²) in [5, 5.41) is 15.7. The monoisotopic (exact) mass is 322 g/mol. The van der Waals surface area contributed by atoms with Gasteiger partial charge in [-0.05, 0) is 18.4 Å². The smallest absolute Gasteiger partial charge is 0.222 e. The zero-order valence-corrected chi connectivity index (χ0v) is 14.3. The Kier molecular flexibility index (Phi) is 10.3. The summed E-state index contributed by atoms with van der Waals surface area (Å²) in [6.07, 6.45) is 1.42. The van der Waals surface area contributed by atoms with Gasteiger partial charge in [0.15, 0.2) is 0 Å². The number of nitrogens with one attached hydrogen (secondary N) is 2. The average molecular weight is 322 g/mol. The maximum atomic E-state index is 11.3. The number of rotatable bonds is 12. The Labute approximate surface area is 139 Å². The van der Waals surface area contributed by atoms with Crippen LogP contribution in [0, 0.1) is 5.92 Å².